The average Bonchev–Trinajstić information content (AvgIpc) is 2.68. The zero-order valence-electron chi connectivity index (χ0n) is 15.8. The Labute approximate surface area is 166 Å². The van der Waals surface area contributed by atoms with Gasteiger partial charge in [-0.3, -0.25) is 4.79 Å². The fourth-order valence-electron chi connectivity index (χ4n) is 3.62. The van der Waals surface area contributed by atoms with Gasteiger partial charge in [-0.1, -0.05) is 66.7 Å². The molecule has 3 aromatic rings. The number of thiol groups is 1. The normalized spacial score (nSPS) is 11.4. The van der Waals surface area contributed by atoms with Gasteiger partial charge in [0.05, 0.1) is 0 Å². The van der Waals surface area contributed by atoms with Crippen LogP contribution in [0.5, 0.6) is 0 Å². The Morgan fingerprint density at radius 3 is 1.78 bits per heavy atom. The third-order valence-corrected chi connectivity index (χ3v) is 8.19. The van der Waals surface area contributed by atoms with Gasteiger partial charge in [-0.25, -0.2) is 0 Å². The van der Waals surface area contributed by atoms with E-state index in [9.17, 15) is 9.36 Å². The van der Waals surface area contributed by atoms with Crippen LogP contribution in [0.25, 0.3) is 0 Å². The number of hydrogen-bond donors (Lipinski definition) is 1. The summed E-state index contributed by atoms with van der Waals surface area (Å²) in [5.74, 6) is 0.541. The number of hydrogen-bond acceptors (Lipinski definition) is 3. The van der Waals surface area contributed by atoms with E-state index in [1.54, 1.807) is 24.3 Å². The van der Waals surface area contributed by atoms with Crippen LogP contribution < -0.4 is 10.6 Å². The lowest BCUT2D eigenvalue weighted by Gasteiger charge is -2.22. The van der Waals surface area contributed by atoms with Crippen molar-refractivity contribution < 1.29 is 9.36 Å². The van der Waals surface area contributed by atoms with Crippen molar-refractivity contribution in [3.8, 4) is 0 Å². The zero-order valence-corrected chi connectivity index (χ0v) is 17.6. The maximum atomic E-state index is 14.3. The van der Waals surface area contributed by atoms with E-state index < -0.39 is 7.14 Å². The first-order valence-corrected chi connectivity index (χ1v) is 11.2. The van der Waals surface area contributed by atoms with Gasteiger partial charge in [0.1, 0.15) is 0 Å². The van der Waals surface area contributed by atoms with Gasteiger partial charge in [0.15, 0.2) is 0 Å². The summed E-state index contributed by atoms with van der Waals surface area (Å²) in [4.78, 5) is 13.8. The molecular weight excluding hydrogens is 371 g/mol. The highest BCUT2D eigenvalue weighted by molar-refractivity contribution is 7.93. The topological polar surface area (TPSA) is 34.1 Å². The molecule has 0 fully saturated rings. The fraction of sp³-hybridized carbons (Fsp3) is 0.174. The van der Waals surface area contributed by atoms with Crippen molar-refractivity contribution in [2.24, 2.45) is 0 Å². The molecule has 138 valence electrons. The van der Waals surface area contributed by atoms with Gasteiger partial charge in [0, 0.05) is 21.9 Å². The summed E-state index contributed by atoms with van der Waals surface area (Å²) >= 11 is 4.43. The molecule has 0 amide bonds. The van der Waals surface area contributed by atoms with Crippen LogP contribution in [0.15, 0.2) is 66.7 Å². The molecule has 0 saturated heterocycles. The summed E-state index contributed by atoms with van der Waals surface area (Å²) in [5.41, 5.74) is 4.11. The van der Waals surface area contributed by atoms with E-state index in [0.29, 0.717) is 21.9 Å². The first-order chi connectivity index (χ1) is 12.9. The number of rotatable bonds is 5. The summed E-state index contributed by atoms with van der Waals surface area (Å²) < 4.78 is 14.3. The summed E-state index contributed by atoms with van der Waals surface area (Å²) in [6.45, 7) is 5.86. The van der Waals surface area contributed by atoms with Crippen LogP contribution in [-0.4, -0.2) is 5.52 Å². The Hall–Kier alpha value is -2.09. The molecule has 0 radical (unpaired) electrons. The van der Waals surface area contributed by atoms with Crippen LogP contribution >= 0.6 is 19.8 Å². The van der Waals surface area contributed by atoms with Gasteiger partial charge in [0.25, 0.3) is 0 Å². The van der Waals surface area contributed by atoms with Crippen LogP contribution in [0.3, 0.4) is 0 Å². The predicted molar refractivity (Wildman–Crippen MR) is 117 cm³/mol. The van der Waals surface area contributed by atoms with E-state index in [0.717, 1.165) is 22.3 Å². The maximum Gasteiger partial charge on any atom is 0.230 e. The van der Waals surface area contributed by atoms with Crippen molar-refractivity contribution in [1.29, 1.82) is 0 Å². The molecule has 3 rings (SSSR count). The maximum absolute atomic E-state index is 14.3. The van der Waals surface area contributed by atoms with Crippen LogP contribution in [0.2, 0.25) is 0 Å². The smallest absolute Gasteiger partial charge is 0.230 e. The highest BCUT2D eigenvalue weighted by Gasteiger charge is 2.38. The molecule has 0 heterocycles. The van der Waals surface area contributed by atoms with Crippen molar-refractivity contribution >= 4 is 35.9 Å². The van der Waals surface area contributed by atoms with E-state index in [1.807, 2.05) is 63.2 Å². The monoisotopic (exact) mass is 394 g/mol. The zero-order chi connectivity index (χ0) is 19.6. The first-order valence-electron chi connectivity index (χ1n) is 8.88. The SMILES string of the molecule is Cc1cc(C)c(C(=O)P(=O)(c2ccccc2)c2ccccc2)c(C)c1CS. The van der Waals surface area contributed by atoms with E-state index in [2.05, 4.69) is 12.6 Å². The van der Waals surface area contributed by atoms with Gasteiger partial charge in [0.2, 0.25) is 12.7 Å². The van der Waals surface area contributed by atoms with E-state index in [-0.39, 0.29) is 5.52 Å². The molecule has 0 saturated carbocycles. The quantitative estimate of drug-likeness (QED) is 0.477. The third kappa shape index (κ3) is 3.42. The lowest BCUT2D eigenvalue weighted by atomic mass is 9.95. The summed E-state index contributed by atoms with van der Waals surface area (Å²) in [7, 11) is -3.50. The highest BCUT2D eigenvalue weighted by Crippen LogP contribution is 2.48. The Morgan fingerprint density at radius 2 is 1.33 bits per heavy atom. The van der Waals surface area contributed by atoms with Crippen LogP contribution in [0, 0.1) is 20.8 Å². The Kier molecular flexibility index (Phi) is 5.74. The minimum atomic E-state index is -3.50. The Balaban J connectivity index is 2.30. The molecule has 0 atom stereocenters. The van der Waals surface area contributed by atoms with Crippen LogP contribution in [0.4, 0.5) is 0 Å². The molecule has 0 bridgehead atoms. The van der Waals surface area contributed by atoms with E-state index in [1.165, 1.54) is 0 Å². The fourth-order valence-corrected chi connectivity index (χ4v) is 6.71. The number of carbonyl (C=O) groups is 1. The summed E-state index contributed by atoms with van der Waals surface area (Å²) in [6, 6.07) is 20.2. The largest absolute Gasteiger partial charge is 0.305 e. The molecule has 0 unspecified atom stereocenters. The number of benzene rings is 3. The van der Waals surface area contributed by atoms with Crippen LogP contribution in [-0.2, 0) is 10.3 Å². The van der Waals surface area contributed by atoms with Crippen molar-refractivity contribution in [3.63, 3.8) is 0 Å². The summed E-state index contributed by atoms with van der Waals surface area (Å²) in [6.07, 6.45) is 0. The second-order valence-corrected chi connectivity index (χ2v) is 9.71. The molecule has 4 heteroatoms. The molecule has 0 aromatic heterocycles. The third-order valence-electron chi connectivity index (χ3n) is 5.03. The second kappa shape index (κ2) is 7.88. The lowest BCUT2D eigenvalue weighted by Crippen LogP contribution is -2.24. The van der Waals surface area contributed by atoms with Crippen molar-refractivity contribution in [1.82, 2.24) is 0 Å². The van der Waals surface area contributed by atoms with Gasteiger partial charge >= 0.3 is 0 Å². The predicted octanol–water partition coefficient (Wildman–Crippen LogP) is 5.20. The van der Waals surface area contributed by atoms with Crippen molar-refractivity contribution in [2.75, 3.05) is 0 Å². The molecule has 27 heavy (non-hydrogen) atoms. The van der Waals surface area contributed by atoms with Crippen molar-refractivity contribution in [2.45, 2.75) is 26.5 Å². The number of aryl methyl sites for hydroxylation is 2. The Morgan fingerprint density at radius 1 is 0.852 bits per heavy atom. The van der Waals surface area contributed by atoms with Crippen LogP contribution in [0.1, 0.15) is 32.6 Å². The average molecular weight is 394 g/mol. The van der Waals surface area contributed by atoms with Gasteiger partial charge in [-0.2, -0.15) is 12.6 Å². The molecule has 2 nitrogen and oxygen atoms in total. The second-order valence-electron chi connectivity index (χ2n) is 6.73. The molecule has 0 aliphatic rings. The molecule has 0 N–H and O–H groups in total. The Bertz CT molecular complexity index is 984. The van der Waals surface area contributed by atoms with Gasteiger partial charge in [-0.05, 0) is 43.0 Å². The number of carbonyl (C=O) groups excluding carboxylic acids is 1. The molecule has 0 aliphatic carbocycles. The molecule has 0 spiro atoms. The van der Waals surface area contributed by atoms with Gasteiger partial charge < -0.3 is 4.57 Å². The summed E-state index contributed by atoms with van der Waals surface area (Å²) in [5, 5.41) is 1.13. The minimum Gasteiger partial charge on any atom is -0.305 e. The van der Waals surface area contributed by atoms with E-state index >= 15 is 0 Å². The lowest BCUT2D eigenvalue weighted by molar-refractivity contribution is 0.107. The highest BCUT2D eigenvalue weighted by atomic mass is 32.1. The first kappa shape index (κ1) is 19.7. The molecular formula is C23H23O2PS. The standard InChI is InChI=1S/C23H23O2PS/c1-16-14-17(2)22(18(3)21(16)15-27)23(24)26(25,19-10-6-4-7-11-19)20-12-8-5-9-13-20/h4-14,27H,15H2,1-3H3. The van der Waals surface area contributed by atoms with E-state index in [4.69, 9.17) is 0 Å². The van der Waals surface area contributed by atoms with Crippen molar-refractivity contribution in [3.05, 3.63) is 94.5 Å². The minimum absolute atomic E-state index is 0.307. The molecule has 0 aliphatic heterocycles. The van der Waals surface area contributed by atoms with Gasteiger partial charge in [-0.15, -0.1) is 0 Å². The molecule has 3 aromatic carbocycles.